The van der Waals surface area contributed by atoms with Crippen molar-refractivity contribution < 1.29 is 4.74 Å². The largest absolute Gasteiger partial charge is 0.378 e. The minimum atomic E-state index is 0.546. The van der Waals surface area contributed by atoms with Crippen LogP contribution in [0.3, 0.4) is 0 Å². The number of methoxy groups -OCH3 is 1. The quantitative estimate of drug-likeness (QED) is 0.841. The molecule has 0 unspecified atom stereocenters. The molecule has 5 heteroatoms. The van der Waals surface area contributed by atoms with Gasteiger partial charge in [0.2, 0.25) is 0 Å². The Labute approximate surface area is 114 Å². The topological polar surface area (TPSA) is 22.1 Å². The first kappa shape index (κ1) is 12.8. The lowest BCUT2D eigenvalue weighted by atomic mass is 10.1. The summed E-state index contributed by atoms with van der Waals surface area (Å²) in [5.41, 5.74) is 1.99. The molecule has 0 atom stereocenters. The van der Waals surface area contributed by atoms with Crippen molar-refractivity contribution in [2.45, 2.75) is 13.0 Å². The molecule has 2 aromatic rings. The Kier molecular flexibility index (Phi) is 4.40. The van der Waals surface area contributed by atoms with Gasteiger partial charge in [0.25, 0.3) is 0 Å². The number of hydrogen-bond donors (Lipinski definition) is 0. The van der Waals surface area contributed by atoms with Gasteiger partial charge in [0.1, 0.15) is 0 Å². The summed E-state index contributed by atoms with van der Waals surface area (Å²) < 4.78 is 5.03. The normalized spacial score (nSPS) is 10.8. The number of hydrogen-bond acceptors (Lipinski definition) is 3. The summed E-state index contributed by atoms with van der Waals surface area (Å²) in [6.07, 6.45) is 0.727. The summed E-state index contributed by atoms with van der Waals surface area (Å²) in [5, 5.41) is 4.36. The lowest BCUT2D eigenvalue weighted by Crippen LogP contribution is -1.91. The molecule has 17 heavy (non-hydrogen) atoms. The molecule has 1 heterocycles. The summed E-state index contributed by atoms with van der Waals surface area (Å²) in [5.74, 6) is 0. The van der Waals surface area contributed by atoms with E-state index in [0.29, 0.717) is 16.7 Å². The average molecular weight is 288 g/mol. The van der Waals surface area contributed by atoms with Crippen molar-refractivity contribution in [3.8, 4) is 0 Å². The third-order valence-corrected chi connectivity index (χ3v) is 3.73. The molecule has 0 amide bonds. The van der Waals surface area contributed by atoms with Gasteiger partial charge in [-0.25, -0.2) is 4.98 Å². The Bertz CT molecular complexity index is 513. The zero-order valence-electron chi connectivity index (χ0n) is 9.24. The van der Waals surface area contributed by atoms with Crippen LogP contribution in [-0.4, -0.2) is 12.1 Å². The fraction of sp³-hybridized carbons (Fsp3) is 0.250. The number of aromatic nitrogens is 1. The Balaban J connectivity index is 2.13. The van der Waals surface area contributed by atoms with Crippen LogP contribution in [0.1, 0.15) is 16.3 Å². The lowest BCUT2D eigenvalue weighted by Gasteiger charge is -2.02. The second-order valence-electron chi connectivity index (χ2n) is 3.58. The van der Waals surface area contributed by atoms with Gasteiger partial charge in [-0.15, -0.1) is 11.3 Å². The predicted octanol–water partition coefficient (Wildman–Crippen LogP) is 4.19. The van der Waals surface area contributed by atoms with Gasteiger partial charge < -0.3 is 4.74 Å². The first-order chi connectivity index (χ1) is 8.19. The SMILES string of the molecule is COCc1csc(Cc2ccc(Cl)cc2Cl)n1. The summed E-state index contributed by atoms with van der Waals surface area (Å²) in [6, 6.07) is 5.52. The molecular weight excluding hydrogens is 277 g/mol. The molecule has 0 saturated carbocycles. The molecule has 2 nitrogen and oxygen atoms in total. The van der Waals surface area contributed by atoms with Crippen LogP contribution in [-0.2, 0) is 17.8 Å². The maximum atomic E-state index is 6.12. The monoisotopic (exact) mass is 287 g/mol. The summed E-state index contributed by atoms with van der Waals surface area (Å²) in [4.78, 5) is 4.46. The van der Waals surface area contributed by atoms with Gasteiger partial charge >= 0.3 is 0 Å². The van der Waals surface area contributed by atoms with Crippen molar-refractivity contribution in [3.05, 3.63) is 49.9 Å². The molecule has 2 rings (SSSR count). The molecule has 1 aromatic carbocycles. The number of halogens is 2. The van der Waals surface area contributed by atoms with Crippen LogP contribution in [0.15, 0.2) is 23.6 Å². The zero-order valence-corrected chi connectivity index (χ0v) is 11.6. The fourth-order valence-electron chi connectivity index (χ4n) is 1.47. The van der Waals surface area contributed by atoms with Crippen LogP contribution in [0.2, 0.25) is 10.0 Å². The maximum absolute atomic E-state index is 6.12. The highest BCUT2D eigenvalue weighted by Crippen LogP contribution is 2.24. The molecule has 1 aromatic heterocycles. The van der Waals surface area contributed by atoms with E-state index in [1.54, 1.807) is 24.5 Å². The van der Waals surface area contributed by atoms with Crippen molar-refractivity contribution in [1.29, 1.82) is 0 Å². The Morgan fingerprint density at radius 2 is 2.18 bits per heavy atom. The first-order valence-electron chi connectivity index (χ1n) is 5.05. The van der Waals surface area contributed by atoms with E-state index in [1.807, 2.05) is 17.5 Å². The third kappa shape index (κ3) is 3.42. The minimum absolute atomic E-state index is 0.546. The minimum Gasteiger partial charge on any atom is -0.378 e. The van der Waals surface area contributed by atoms with Crippen molar-refractivity contribution in [3.63, 3.8) is 0 Å². The highest BCUT2D eigenvalue weighted by atomic mass is 35.5. The van der Waals surface area contributed by atoms with Crippen LogP contribution >= 0.6 is 34.5 Å². The van der Waals surface area contributed by atoms with E-state index in [-0.39, 0.29) is 0 Å². The fourth-order valence-corrected chi connectivity index (χ4v) is 2.75. The van der Waals surface area contributed by atoms with Crippen LogP contribution in [0, 0.1) is 0 Å². The van der Waals surface area contributed by atoms with E-state index in [2.05, 4.69) is 4.98 Å². The highest BCUT2D eigenvalue weighted by Gasteiger charge is 2.06. The molecule has 0 saturated heterocycles. The second-order valence-corrected chi connectivity index (χ2v) is 5.36. The van der Waals surface area contributed by atoms with Crippen LogP contribution in [0.5, 0.6) is 0 Å². The molecule has 0 spiro atoms. The standard InChI is InChI=1S/C12H11Cl2NOS/c1-16-6-10-7-17-12(15-10)4-8-2-3-9(13)5-11(8)14/h2-3,5,7H,4,6H2,1H3. The van der Waals surface area contributed by atoms with Crippen LogP contribution in [0.25, 0.3) is 0 Å². The van der Waals surface area contributed by atoms with E-state index in [4.69, 9.17) is 27.9 Å². The molecule has 0 fully saturated rings. The van der Waals surface area contributed by atoms with Crippen LogP contribution in [0.4, 0.5) is 0 Å². The number of ether oxygens (including phenoxy) is 1. The second kappa shape index (κ2) is 5.83. The summed E-state index contributed by atoms with van der Waals surface area (Å²) >= 11 is 13.6. The Hall–Kier alpha value is -0.610. The number of nitrogens with zero attached hydrogens (tertiary/aromatic N) is 1. The van der Waals surface area contributed by atoms with Crippen molar-refractivity contribution >= 4 is 34.5 Å². The molecule has 0 aliphatic rings. The van der Waals surface area contributed by atoms with Crippen molar-refractivity contribution in [1.82, 2.24) is 4.98 Å². The van der Waals surface area contributed by atoms with Gasteiger partial charge in [-0.05, 0) is 17.7 Å². The van der Waals surface area contributed by atoms with Gasteiger partial charge in [-0.2, -0.15) is 0 Å². The highest BCUT2D eigenvalue weighted by molar-refractivity contribution is 7.09. The summed E-state index contributed by atoms with van der Waals surface area (Å²) in [6.45, 7) is 0.546. The van der Waals surface area contributed by atoms with E-state index >= 15 is 0 Å². The van der Waals surface area contributed by atoms with Gasteiger partial charge in [-0.1, -0.05) is 29.3 Å². The third-order valence-electron chi connectivity index (χ3n) is 2.25. The molecule has 0 aliphatic carbocycles. The van der Waals surface area contributed by atoms with Crippen molar-refractivity contribution in [2.75, 3.05) is 7.11 Å². The van der Waals surface area contributed by atoms with Gasteiger partial charge in [0.05, 0.1) is 17.3 Å². The number of thiazole rings is 1. The van der Waals surface area contributed by atoms with E-state index in [9.17, 15) is 0 Å². The molecule has 90 valence electrons. The summed E-state index contributed by atoms with van der Waals surface area (Å²) in [7, 11) is 1.66. The predicted molar refractivity (Wildman–Crippen MR) is 72.1 cm³/mol. The first-order valence-corrected chi connectivity index (χ1v) is 6.68. The lowest BCUT2D eigenvalue weighted by molar-refractivity contribution is 0.182. The van der Waals surface area contributed by atoms with Gasteiger partial charge in [-0.3, -0.25) is 0 Å². The number of rotatable bonds is 4. The smallest absolute Gasteiger partial charge is 0.0973 e. The Morgan fingerprint density at radius 3 is 2.88 bits per heavy atom. The van der Waals surface area contributed by atoms with Crippen molar-refractivity contribution in [2.24, 2.45) is 0 Å². The molecule has 0 bridgehead atoms. The molecule has 0 aliphatic heterocycles. The maximum Gasteiger partial charge on any atom is 0.0973 e. The van der Waals surface area contributed by atoms with Gasteiger partial charge in [0, 0.05) is 29.0 Å². The molecule has 0 radical (unpaired) electrons. The average Bonchev–Trinajstić information content (AvgIpc) is 2.71. The zero-order chi connectivity index (χ0) is 12.3. The number of benzene rings is 1. The van der Waals surface area contributed by atoms with E-state index in [0.717, 1.165) is 22.7 Å². The van der Waals surface area contributed by atoms with Crippen LogP contribution < -0.4 is 0 Å². The Morgan fingerprint density at radius 1 is 1.35 bits per heavy atom. The van der Waals surface area contributed by atoms with E-state index < -0.39 is 0 Å². The van der Waals surface area contributed by atoms with E-state index in [1.165, 1.54) is 0 Å². The molecular formula is C12H11Cl2NOS. The molecule has 0 N–H and O–H groups in total. The van der Waals surface area contributed by atoms with Gasteiger partial charge in [0.15, 0.2) is 0 Å².